The predicted molar refractivity (Wildman–Crippen MR) is 109 cm³/mol. The molecule has 0 unspecified atom stereocenters. The lowest BCUT2D eigenvalue weighted by molar-refractivity contribution is -0.189. The molecule has 0 spiro atoms. The minimum Gasteiger partial charge on any atom is -0.456 e. The zero-order valence-electron chi connectivity index (χ0n) is 16.9. The molecule has 1 N–H and O–H groups in total. The summed E-state index contributed by atoms with van der Waals surface area (Å²) in [5, 5.41) is 10.7. The van der Waals surface area contributed by atoms with E-state index in [1.807, 2.05) is 30.3 Å². The molecule has 4 atom stereocenters. The van der Waals surface area contributed by atoms with Crippen LogP contribution >= 0.6 is 0 Å². The zero-order chi connectivity index (χ0) is 19.7. The quantitative estimate of drug-likeness (QED) is 0.454. The average molecular weight is 369 g/mol. The third kappa shape index (κ3) is 4.03. The van der Waals surface area contributed by atoms with E-state index >= 15 is 0 Å². The molecule has 3 nitrogen and oxygen atoms in total. The van der Waals surface area contributed by atoms with Crippen molar-refractivity contribution in [2.45, 2.75) is 65.1 Å². The normalized spacial score (nSPS) is 33.6. The molecule has 2 aliphatic carbocycles. The Labute approximate surface area is 163 Å². The van der Waals surface area contributed by atoms with Crippen LogP contribution in [0.2, 0.25) is 0 Å². The summed E-state index contributed by atoms with van der Waals surface area (Å²) in [4.78, 5) is 12.6. The third-order valence-electron chi connectivity index (χ3n) is 6.74. The fraction of sp³-hybridized carbons (Fsp3) is 0.542. The number of benzene rings is 1. The van der Waals surface area contributed by atoms with Crippen LogP contribution in [0.5, 0.6) is 0 Å². The number of hydrogen-bond acceptors (Lipinski definition) is 3. The van der Waals surface area contributed by atoms with Crippen molar-refractivity contribution >= 4 is 12.0 Å². The van der Waals surface area contributed by atoms with Gasteiger partial charge >= 0.3 is 5.97 Å². The number of fused-ring (bicyclic) bond motifs is 1. The number of carbonyl (C=O) groups excluding carboxylic acids is 1. The summed E-state index contributed by atoms with van der Waals surface area (Å²) in [6.07, 6.45) is 8.37. The van der Waals surface area contributed by atoms with Gasteiger partial charge in [0, 0.05) is 17.4 Å². The fourth-order valence-electron chi connectivity index (χ4n) is 4.84. The van der Waals surface area contributed by atoms with E-state index in [1.54, 1.807) is 6.08 Å². The lowest BCUT2D eigenvalue weighted by Crippen LogP contribution is -2.57. The largest absolute Gasteiger partial charge is 0.456 e. The third-order valence-corrected chi connectivity index (χ3v) is 6.74. The Balaban J connectivity index is 1.80. The molecular weight excluding hydrogens is 336 g/mol. The Morgan fingerprint density at radius 3 is 2.63 bits per heavy atom. The van der Waals surface area contributed by atoms with E-state index in [1.165, 1.54) is 11.6 Å². The summed E-state index contributed by atoms with van der Waals surface area (Å²) in [6, 6.07) is 9.76. The van der Waals surface area contributed by atoms with Gasteiger partial charge in [-0.1, -0.05) is 62.8 Å². The van der Waals surface area contributed by atoms with Gasteiger partial charge in [0.2, 0.25) is 0 Å². The summed E-state index contributed by atoms with van der Waals surface area (Å²) in [7, 11) is 0. The van der Waals surface area contributed by atoms with Crippen LogP contribution in [-0.2, 0) is 9.53 Å². The first kappa shape index (κ1) is 19.9. The Bertz CT molecular complexity index is 733. The molecule has 0 aromatic heterocycles. The van der Waals surface area contributed by atoms with Crippen molar-refractivity contribution in [1.29, 1.82) is 0 Å². The van der Waals surface area contributed by atoms with Gasteiger partial charge in [0.05, 0.1) is 6.10 Å². The van der Waals surface area contributed by atoms with E-state index in [-0.39, 0.29) is 23.4 Å². The van der Waals surface area contributed by atoms with Gasteiger partial charge in [-0.3, -0.25) is 0 Å². The van der Waals surface area contributed by atoms with Crippen LogP contribution < -0.4 is 0 Å². The first-order valence-electron chi connectivity index (χ1n) is 10.1. The molecular formula is C24H32O3. The van der Waals surface area contributed by atoms with Crippen molar-refractivity contribution in [1.82, 2.24) is 0 Å². The number of hydrogen-bond donors (Lipinski definition) is 1. The second kappa shape index (κ2) is 7.63. The molecule has 1 fully saturated rings. The van der Waals surface area contributed by atoms with Crippen molar-refractivity contribution in [2.75, 3.05) is 0 Å². The number of allylic oxidation sites excluding steroid dienone is 2. The van der Waals surface area contributed by atoms with E-state index in [0.717, 1.165) is 18.4 Å². The van der Waals surface area contributed by atoms with Gasteiger partial charge in [-0.25, -0.2) is 4.79 Å². The number of ether oxygens (including phenoxy) is 1. The van der Waals surface area contributed by atoms with E-state index in [4.69, 9.17) is 4.74 Å². The van der Waals surface area contributed by atoms with E-state index in [9.17, 15) is 9.90 Å². The number of aliphatic hydroxyl groups excluding tert-OH is 1. The van der Waals surface area contributed by atoms with E-state index in [2.05, 4.69) is 33.8 Å². The maximum atomic E-state index is 12.6. The molecule has 146 valence electrons. The van der Waals surface area contributed by atoms with Crippen molar-refractivity contribution in [2.24, 2.45) is 17.3 Å². The van der Waals surface area contributed by atoms with Gasteiger partial charge in [0.25, 0.3) is 0 Å². The maximum Gasteiger partial charge on any atom is 0.331 e. The van der Waals surface area contributed by atoms with E-state index < -0.39 is 5.60 Å². The van der Waals surface area contributed by atoms with Crippen LogP contribution in [0.3, 0.4) is 0 Å². The summed E-state index contributed by atoms with van der Waals surface area (Å²) in [6.45, 7) is 8.62. The monoisotopic (exact) mass is 368 g/mol. The lowest BCUT2D eigenvalue weighted by Gasteiger charge is -2.55. The first-order valence-corrected chi connectivity index (χ1v) is 10.1. The highest BCUT2D eigenvalue weighted by atomic mass is 16.6. The molecule has 2 aliphatic rings. The molecule has 27 heavy (non-hydrogen) atoms. The highest BCUT2D eigenvalue weighted by Gasteiger charge is 2.56. The van der Waals surface area contributed by atoms with Crippen LogP contribution in [0.4, 0.5) is 0 Å². The molecule has 0 bridgehead atoms. The Morgan fingerprint density at radius 1 is 1.26 bits per heavy atom. The number of carbonyl (C=O) groups is 1. The highest BCUT2D eigenvalue weighted by Crippen LogP contribution is 2.55. The Morgan fingerprint density at radius 2 is 1.96 bits per heavy atom. The minimum atomic E-state index is -0.555. The van der Waals surface area contributed by atoms with E-state index in [0.29, 0.717) is 18.8 Å². The Kier molecular flexibility index (Phi) is 5.62. The van der Waals surface area contributed by atoms with Gasteiger partial charge in [0.15, 0.2) is 0 Å². The van der Waals surface area contributed by atoms with Crippen molar-refractivity contribution in [3.05, 3.63) is 53.6 Å². The molecule has 0 amide bonds. The minimum absolute atomic E-state index is 0.130. The SMILES string of the molecule is CC(C)C1=CC[C@@]2(C)[C@H](O)CC[C@](C)(OC(=O)/C=C/c3ccccc3)[C@@H]2C1. The second-order valence-corrected chi connectivity index (χ2v) is 8.93. The van der Waals surface area contributed by atoms with Crippen LogP contribution in [0.1, 0.15) is 58.9 Å². The predicted octanol–water partition coefficient (Wildman–Crippen LogP) is 5.16. The molecule has 1 saturated carbocycles. The topological polar surface area (TPSA) is 46.5 Å². The van der Waals surface area contributed by atoms with Crippen LogP contribution in [-0.4, -0.2) is 22.8 Å². The molecule has 0 aliphatic heterocycles. The number of esters is 1. The van der Waals surface area contributed by atoms with Crippen molar-refractivity contribution in [3.8, 4) is 0 Å². The van der Waals surface area contributed by atoms with Crippen LogP contribution in [0, 0.1) is 17.3 Å². The summed E-state index contributed by atoms with van der Waals surface area (Å²) < 4.78 is 6.05. The molecule has 0 saturated heterocycles. The molecule has 0 heterocycles. The van der Waals surface area contributed by atoms with Gasteiger partial charge in [0.1, 0.15) is 5.60 Å². The summed E-state index contributed by atoms with van der Waals surface area (Å²) >= 11 is 0. The number of aliphatic hydroxyl groups is 1. The maximum absolute atomic E-state index is 12.6. The van der Waals surface area contributed by atoms with Crippen LogP contribution in [0.25, 0.3) is 6.08 Å². The van der Waals surface area contributed by atoms with Crippen LogP contribution in [0.15, 0.2) is 48.1 Å². The standard InChI is InChI=1S/C24H32O3/c1-17(2)19-12-14-23(3)20(16-19)24(4,15-13-21(23)25)27-22(26)11-10-18-8-6-5-7-9-18/h5-12,17,20-21,25H,13-16H2,1-4H3/b11-10+/t20-,21-,23-,24+/m1/s1. The summed E-state index contributed by atoms with van der Waals surface area (Å²) in [5.74, 6) is 0.303. The summed E-state index contributed by atoms with van der Waals surface area (Å²) in [5.41, 5.74) is 1.59. The number of rotatable bonds is 4. The highest BCUT2D eigenvalue weighted by molar-refractivity contribution is 5.87. The lowest BCUT2D eigenvalue weighted by atomic mass is 9.54. The smallest absolute Gasteiger partial charge is 0.331 e. The molecule has 3 heteroatoms. The van der Waals surface area contributed by atoms with Gasteiger partial charge < -0.3 is 9.84 Å². The molecule has 1 aromatic carbocycles. The second-order valence-electron chi connectivity index (χ2n) is 8.93. The zero-order valence-corrected chi connectivity index (χ0v) is 16.9. The van der Waals surface area contributed by atoms with Gasteiger partial charge in [-0.05, 0) is 50.2 Å². The van der Waals surface area contributed by atoms with Gasteiger partial charge in [-0.2, -0.15) is 0 Å². The first-order chi connectivity index (χ1) is 12.7. The van der Waals surface area contributed by atoms with Gasteiger partial charge in [-0.15, -0.1) is 0 Å². The van der Waals surface area contributed by atoms with Crippen molar-refractivity contribution in [3.63, 3.8) is 0 Å². The molecule has 1 aromatic rings. The fourth-order valence-corrected chi connectivity index (χ4v) is 4.84. The Hall–Kier alpha value is -1.87. The molecule has 0 radical (unpaired) electrons. The average Bonchev–Trinajstić information content (AvgIpc) is 2.64. The van der Waals surface area contributed by atoms with Crippen molar-refractivity contribution < 1.29 is 14.6 Å². The molecule has 3 rings (SSSR count).